The average Bonchev–Trinajstić information content (AvgIpc) is 3.34. The Labute approximate surface area is 148 Å². The van der Waals surface area contributed by atoms with E-state index in [0.717, 1.165) is 38.3 Å². The first-order valence-corrected chi connectivity index (χ1v) is 10.1. The minimum Gasteiger partial charge on any atom is -0.314 e. The highest BCUT2D eigenvalue weighted by Crippen LogP contribution is 2.24. The number of hydrogen-bond donors (Lipinski definition) is 1. The monoisotopic (exact) mass is 361 g/mol. The van der Waals surface area contributed by atoms with Crippen LogP contribution < -0.4 is 5.32 Å². The fourth-order valence-corrected chi connectivity index (χ4v) is 5.01. The van der Waals surface area contributed by atoms with Crippen LogP contribution in [0.3, 0.4) is 0 Å². The third-order valence-corrected chi connectivity index (χ3v) is 6.83. The van der Waals surface area contributed by atoms with Gasteiger partial charge in [0, 0.05) is 45.3 Å². The molecule has 2 saturated heterocycles. The fraction of sp³-hybridized carbons (Fsp3) is 0.471. The lowest BCUT2D eigenvalue weighted by molar-refractivity contribution is 0.179. The molecule has 0 saturated carbocycles. The smallest absolute Gasteiger partial charge is 0.246 e. The van der Waals surface area contributed by atoms with Crippen LogP contribution in [0.2, 0.25) is 0 Å². The van der Waals surface area contributed by atoms with Gasteiger partial charge in [0.2, 0.25) is 10.0 Å². The summed E-state index contributed by atoms with van der Waals surface area (Å²) in [5, 5.41) is 7.56. The van der Waals surface area contributed by atoms with E-state index in [-0.39, 0.29) is 4.90 Å². The summed E-state index contributed by atoms with van der Waals surface area (Å²) in [6.45, 7) is 5.08. The highest BCUT2D eigenvalue weighted by molar-refractivity contribution is 7.89. The number of para-hydroxylation sites is 1. The van der Waals surface area contributed by atoms with Crippen LogP contribution in [0.4, 0.5) is 0 Å². The van der Waals surface area contributed by atoms with Crippen molar-refractivity contribution in [2.24, 2.45) is 0 Å². The molecule has 0 spiro atoms. The van der Waals surface area contributed by atoms with Gasteiger partial charge in [-0.15, -0.1) is 0 Å². The van der Waals surface area contributed by atoms with Gasteiger partial charge in [0.25, 0.3) is 0 Å². The lowest BCUT2D eigenvalue weighted by atomic mass is 10.2. The number of piperazine rings is 1. The molecule has 134 valence electrons. The van der Waals surface area contributed by atoms with Crippen molar-refractivity contribution in [1.29, 1.82) is 0 Å². The predicted molar refractivity (Wildman–Crippen MR) is 95.2 cm³/mol. The van der Waals surface area contributed by atoms with Gasteiger partial charge in [-0.2, -0.15) is 9.40 Å². The number of aromatic nitrogens is 2. The molecule has 2 aromatic rings. The maximum atomic E-state index is 12.9. The first-order valence-electron chi connectivity index (χ1n) is 8.69. The summed E-state index contributed by atoms with van der Waals surface area (Å²) in [6.07, 6.45) is 3.94. The van der Waals surface area contributed by atoms with Gasteiger partial charge >= 0.3 is 0 Å². The molecular weight excluding hydrogens is 338 g/mol. The molecule has 1 atom stereocenters. The van der Waals surface area contributed by atoms with Crippen molar-refractivity contribution in [3.63, 3.8) is 0 Å². The zero-order valence-electron chi connectivity index (χ0n) is 14.1. The van der Waals surface area contributed by atoms with E-state index in [9.17, 15) is 8.42 Å². The Hall–Kier alpha value is -1.74. The van der Waals surface area contributed by atoms with Crippen LogP contribution in [0.25, 0.3) is 5.69 Å². The number of benzene rings is 1. The molecule has 7 nitrogen and oxygen atoms in total. The fourth-order valence-electron chi connectivity index (χ4n) is 3.58. The highest BCUT2D eigenvalue weighted by atomic mass is 32.2. The molecule has 2 aliphatic rings. The van der Waals surface area contributed by atoms with Crippen molar-refractivity contribution in [3.05, 3.63) is 42.7 Å². The molecule has 0 bridgehead atoms. The van der Waals surface area contributed by atoms with Crippen molar-refractivity contribution in [2.75, 3.05) is 39.3 Å². The summed E-state index contributed by atoms with van der Waals surface area (Å²) >= 11 is 0. The molecule has 0 radical (unpaired) electrons. The lowest BCUT2D eigenvalue weighted by Crippen LogP contribution is -2.49. The molecule has 2 aliphatic heterocycles. The van der Waals surface area contributed by atoms with Gasteiger partial charge in [0.05, 0.1) is 18.1 Å². The van der Waals surface area contributed by atoms with Crippen LogP contribution in [0.5, 0.6) is 0 Å². The number of nitrogens with zero attached hydrogens (tertiary/aromatic N) is 4. The van der Waals surface area contributed by atoms with Gasteiger partial charge in [-0.3, -0.25) is 4.90 Å². The molecule has 0 amide bonds. The molecule has 1 unspecified atom stereocenters. The lowest BCUT2D eigenvalue weighted by Gasteiger charge is -2.32. The van der Waals surface area contributed by atoms with Crippen LogP contribution in [-0.2, 0) is 10.0 Å². The average molecular weight is 361 g/mol. The second-order valence-corrected chi connectivity index (χ2v) is 8.49. The van der Waals surface area contributed by atoms with E-state index < -0.39 is 10.0 Å². The van der Waals surface area contributed by atoms with E-state index in [1.807, 2.05) is 30.3 Å². The first-order chi connectivity index (χ1) is 12.1. The Morgan fingerprint density at radius 1 is 1.08 bits per heavy atom. The van der Waals surface area contributed by atoms with Gasteiger partial charge in [0.15, 0.2) is 0 Å². The molecule has 25 heavy (non-hydrogen) atoms. The zero-order chi connectivity index (χ0) is 17.3. The van der Waals surface area contributed by atoms with E-state index in [2.05, 4.69) is 15.3 Å². The summed E-state index contributed by atoms with van der Waals surface area (Å²) < 4.78 is 29.1. The molecule has 3 heterocycles. The molecular formula is C17H23N5O2S. The number of sulfonamides is 1. The predicted octanol–water partition coefficient (Wildman–Crippen LogP) is 0.541. The van der Waals surface area contributed by atoms with E-state index in [1.54, 1.807) is 15.2 Å². The van der Waals surface area contributed by atoms with Crippen molar-refractivity contribution in [3.8, 4) is 5.69 Å². The Morgan fingerprint density at radius 3 is 2.60 bits per heavy atom. The van der Waals surface area contributed by atoms with E-state index in [1.165, 1.54) is 6.20 Å². The number of hydrogen-bond acceptors (Lipinski definition) is 5. The maximum Gasteiger partial charge on any atom is 0.246 e. The largest absolute Gasteiger partial charge is 0.314 e. The zero-order valence-corrected chi connectivity index (χ0v) is 14.9. The first kappa shape index (κ1) is 16.7. The summed E-state index contributed by atoms with van der Waals surface area (Å²) in [7, 11) is -3.49. The van der Waals surface area contributed by atoms with E-state index in [4.69, 9.17) is 0 Å². The van der Waals surface area contributed by atoms with Crippen LogP contribution >= 0.6 is 0 Å². The standard InChI is InChI=1S/C17H23N5O2S/c23-25(24,17-12-19-22(14-17)15-4-2-1-3-5-15)21-9-6-16(13-21)20-10-7-18-8-11-20/h1-5,12,14,16,18H,6-11,13H2. The molecule has 1 N–H and O–H groups in total. The minimum absolute atomic E-state index is 0.261. The molecule has 2 fully saturated rings. The third-order valence-electron chi connectivity index (χ3n) is 5.01. The summed E-state index contributed by atoms with van der Waals surface area (Å²) in [6, 6.07) is 9.86. The Morgan fingerprint density at radius 2 is 1.84 bits per heavy atom. The molecule has 4 rings (SSSR count). The van der Waals surface area contributed by atoms with E-state index in [0.29, 0.717) is 19.1 Å². The van der Waals surface area contributed by atoms with Gasteiger partial charge in [-0.1, -0.05) is 18.2 Å². The number of nitrogens with one attached hydrogen (secondary N) is 1. The molecule has 1 aromatic heterocycles. The van der Waals surface area contributed by atoms with Gasteiger partial charge in [0.1, 0.15) is 4.90 Å². The molecule has 0 aliphatic carbocycles. The van der Waals surface area contributed by atoms with Crippen molar-refractivity contribution < 1.29 is 8.42 Å². The van der Waals surface area contributed by atoms with Crippen LogP contribution in [-0.4, -0.2) is 72.7 Å². The van der Waals surface area contributed by atoms with Gasteiger partial charge in [-0.05, 0) is 18.6 Å². The van der Waals surface area contributed by atoms with Crippen molar-refractivity contribution >= 4 is 10.0 Å². The quantitative estimate of drug-likeness (QED) is 0.861. The second kappa shape index (κ2) is 6.87. The van der Waals surface area contributed by atoms with Crippen LogP contribution in [0.1, 0.15) is 6.42 Å². The SMILES string of the molecule is O=S(=O)(c1cnn(-c2ccccc2)c1)N1CCC(N2CCNCC2)C1. The summed E-state index contributed by atoms with van der Waals surface area (Å²) in [4.78, 5) is 2.66. The van der Waals surface area contributed by atoms with Crippen molar-refractivity contribution in [2.45, 2.75) is 17.4 Å². The summed E-state index contributed by atoms with van der Waals surface area (Å²) in [5.74, 6) is 0. The summed E-state index contributed by atoms with van der Waals surface area (Å²) in [5.41, 5.74) is 0.851. The van der Waals surface area contributed by atoms with Gasteiger partial charge in [-0.25, -0.2) is 13.1 Å². The van der Waals surface area contributed by atoms with Crippen LogP contribution in [0, 0.1) is 0 Å². The Kier molecular flexibility index (Phi) is 4.60. The topological polar surface area (TPSA) is 70.5 Å². The van der Waals surface area contributed by atoms with Crippen LogP contribution in [0.15, 0.2) is 47.6 Å². The molecule has 1 aromatic carbocycles. The normalized spacial score (nSPS) is 23.1. The van der Waals surface area contributed by atoms with Crippen molar-refractivity contribution in [1.82, 2.24) is 24.3 Å². The Balaban J connectivity index is 1.49. The highest BCUT2D eigenvalue weighted by Gasteiger charge is 2.36. The third kappa shape index (κ3) is 3.35. The number of rotatable bonds is 4. The maximum absolute atomic E-state index is 12.9. The van der Waals surface area contributed by atoms with Gasteiger partial charge < -0.3 is 5.32 Å². The molecule has 8 heteroatoms. The second-order valence-electron chi connectivity index (χ2n) is 6.55. The minimum atomic E-state index is -3.49. The van der Waals surface area contributed by atoms with E-state index >= 15 is 0 Å². The Bertz CT molecular complexity index is 815.